The first-order valence-electron chi connectivity index (χ1n) is 7.59. The van der Waals surface area contributed by atoms with E-state index in [1.807, 2.05) is 4.57 Å². The molecule has 2 amide bonds. The first kappa shape index (κ1) is 16.5. The summed E-state index contributed by atoms with van der Waals surface area (Å²) >= 11 is 1.13. The quantitative estimate of drug-likeness (QED) is 0.682. The van der Waals surface area contributed by atoms with Crippen LogP contribution in [-0.2, 0) is 11.2 Å². The van der Waals surface area contributed by atoms with Crippen LogP contribution < -0.4 is 10.6 Å². The van der Waals surface area contributed by atoms with Gasteiger partial charge in [-0.1, -0.05) is 4.49 Å². The molecule has 24 heavy (non-hydrogen) atoms. The molecule has 128 valence electrons. The number of ether oxygens (including phenoxy) is 1. The molecule has 0 aromatic carbocycles. The Morgan fingerprint density at radius 2 is 2.29 bits per heavy atom. The number of amides is 2. The number of carbonyl (C=O) groups is 2. The highest BCUT2D eigenvalue weighted by molar-refractivity contribution is 7.03. The van der Waals surface area contributed by atoms with Gasteiger partial charge in [0.15, 0.2) is 5.69 Å². The van der Waals surface area contributed by atoms with Gasteiger partial charge in [-0.25, -0.2) is 4.98 Å². The van der Waals surface area contributed by atoms with Crippen molar-refractivity contribution in [3.8, 4) is 0 Å². The van der Waals surface area contributed by atoms with Gasteiger partial charge in [0.1, 0.15) is 11.5 Å². The minimum absolute atomic E-state index is 0.00113. The topological polar surface area (TPSA) is 111 Å². The molecular weight excluding hydrogens is 332 g/mol. The fourth-order valence-corrected chi connectivity index (χ4v) is 3.14. The number of methoxy groups -OCH3 is 1. The number of fused-ring (bicyclic) bond motifs is 1. The second-order valence-electron chi connectivity index (χ2n) is 5.37. The van der Waals surface area contributed by atoms with Gasteiger partial charge in [0, 0.05) is 32.0 Å². The number of nitrogens with one attached hydrogen (secondary N) is 2. The summed E-state index contributed by atoms with van der Waals surface area (Å²) < 4.78 is 10.5. The van der Waals surface area contributed by atoms with E-state index in [0.29, 0.717) is 31.1 Å². The van der Waals surface area contributed by atoms with E-state index in [-0.39, 0.29) is 17.9 Å². The van der Waals surface area contributed by atoms with E-state index in [0.717, 1.165) is 30.2 Å². The molecule has 0 radical (unpaired) electrons. The van der Waals surface area contributed by atoms with Gasteiger partial charge >= 0.3 is 0 Å². The first-order chi connectivity index (χ1) is 11.7. The number of aromatic nitrogens is 4. The van der Waals surface area contributed by atoms with Crippen LogP contribution in [0.4, 0.5) is 0 Å². The molecule has 1 unspecified atom stereocenters. The Balaban J connectivity index is 1.64. The summed E-state index contributed by atoms with van der Waals surface area (Å²) in [6.07, 6.45) is 3.19. The van der Waals surface area contributed by atoms with E-state index in [9.17, 15) is 9.59 Å². The third-order valence-electron chi connectivity index (χ3n) is 3.86. The maximum atomic E-state index is 12.3. The lowest BCUT2D eigenvalue weighted by atomic mass is 10.2. The summed E-state index contributed by atoms with van der Waals surface area (Å²) in [6, 6.07) is 0.00113. The minimum atomic E-state index is -0.261. The highest BCUT2D eigenvalue weighted by atomic mass is 32.1. The Bertz CT molecular complexity index is 714. The second kappa shape index (κ2) is 7.49. The number of imidazole rings is 1. The van der Waals surface area contributed by atoms with Crippen molar-refractivity contribution in [2.24, 2.45) is 0 Å². The highest BCUT2D eigenvalue weighted by Crippen LogP contribution is 2.26. The van der Waals surface area contributed by atoms with Crippen molar-refractivity contribution in [3.63, 3.8) is 0 Å². The normalized spacial score (nSPS) is 16.0. The predicted octanol–water partition coefficient (Wildman–Crippen LogP) is 0.0281. The standard InChI is InChI=1S/C14H18N6O3S/c1-23-5-4-15-14(22)11-7-16-12-3-2-9(20(11)12)6-17-13(21)10-8-24-19-18-10/h7-9H,2-6H2,1H3,(H,15,22)(H,17,21). The lowest BCUT2D eigenvalue weighted by Crippen LogP contribution is -2.33. The van der Waals surface area contributed by atoms with Crippen LogP contribution in [0.15, 0.2) is 11.6 Å². The molecule has 0 aliphatic carbocycles. The van der Waals surface area contributed by atoms with Gasteiger partial charge in [-0.3, -0.25) is 9.59 Å². The van der Waals surface area contributed by atoms with Gasteiger partial charge in [-0.05, 0) is 18.0 Å². The van der Waals surface area contributed by atoms with Gasteiger partial charge in [0.2, 0.25) is 0 Å². The van der Waals surface area contributed by atoms with Crippen LogP contribution in [0.3, 0.4) is 0 Å². The lowest BCUT2D eigenvalue weighted by Gasteiger charge is -2.16. The van der Waals surface area contributed by atoms with Crippen molar-refractivity contribution in [1.82, 2.24) is 29.8 Å². The summed E-state index contributed by atoms with van der Waals surface area (Å²) in [6.45, 7) is 1.31. The highest BCUT2D eigenvalue weighted by Gasteiger charge is 2.28. The molecule has 9 nitrogen and oxygen atoms in total. The summed E-state index contributed by atoms with van der Waals surface area (Å²) in [4.78, 5) is 28.6. The summed E-state index contributed by atoms with van der Waals surface area (Å²) in [5, 5.41) is 11.0. The van der Waals surface area contributed by atoms with Crippen LogP contribution in [0.25, 0.3) is 0 Å². The summed E-state index contributed by atoms with van der Waals surface area (Å²) in [7, 11) is 1.58. The molecule has 0 saturated carbocycles. The molecule has 0 spiro atoms. The number of aryl methyl sites for hydroxylation is 1. The zero-order valence-electron chi connectivity index (χ0n) is 13.2. The van der Waals surface area contributed by atoms with Crippen LogP contribution in [-0.4, -0.2) is 57.8 Å². The monoisotopic (exact) mass is 350 g/mol. The third kappa shape index (κ3) is 3.44. The number of rotatable bonds is 7. The number of hydrogen-bond acceptors (Lipinski definition) is 7. The SMILES string of the molecule is COCCNC(=O)c1cnc2n1C(CNC(=O)c1csnn1)CC2. The predicted molar refractivity (Wildman–Crippen MR) is 86.0 cm³/mol. The van der Waals surface area contributed by atoms with Crippen LogP contribution in [0.5, 0.6) is 0 Å². The van der Waals surface area contributed by atoms with Gasteiger partial charge in [0.05, 0.1) is 18.8 Å². The van der Waals surface area contributed by atoms with Gasteiger partial charge in [0.25, 0.3) is 11.8 Å². The van der Waals surface area contributed by atoms with Crippen molar-refractivity contribution in [2.45, 2.75) is 18.9 Å². The molecule has 2 aromatic heterocycles. The van der Waals surface area contributed by atoms with E-state index >= 15 is 0 Å². The van der Waals surface area contributed by atoms with E-state index in [1.165, 1.54) is 0 Å². The summed E-state index contributed by atoms with van der Waals surface area (Å²) in [5.41, 5.74) is 0.814. The molecule has 0 bridgehead atoms. The lowest BCUT2D eigenvalue weighted by molar-refractivity contribution is 0.0926. The minimum Gasteiger partial charge on any atom is -0.383 e. The Hall–Kier alpha value is -2.33. The second-order valence-corrected chi connectivity index (χ2v) is 5.98. The van der Waals surface area contributed by atoms with Gasteiger partial charge in [-0.15, -0.1) is 5.10 Å². The molecule has 3 rings (SSSR count). The van der Waals surface area contributed by atoms with Gasteiger partial charge in [-0.2, -0.15) is 0 Å². The van der Waals surface area contributed by atoms with Crippen molar-refractivity contribution in [3.05, 3.63) is 28.8 Å². The van der Waals surface area contributed by atoms with Crippen molar-refractivity contribution >= 4 is 23.3 Å². The van der Waals surface area contributed by atoms with Gasteiger partial charge < -0.3 is 19.9 Å². The third-order valence-corrected chi connectivity index (χ3v) is 4.36. The zero-order chi connectivity index (χ0) is 16.9. The van der Waals surface area contributed by atoms with Crippen molar-refractivity contribution in [2.75, 3.05) is 26.8 Å². The Morgan fingerprint density at radius 1 is 1.42 bits per heavy atom. The van der Waals surface area contributed by atoms with Crippen LogP contribution in [0.2, 0.25) is 0 Å². The number of carbonyl (C=O) groups excluding carboxylic acids is 2. The number of hydrogen-bond donors (Lipinski definition) is 2. The Kier molecular flexibility index (Phi) is 5.16. The maximum Gasteiger partial charge on any atom is 0.272 e. The summed E-state index contributed by atoms with van der Waals surface area (Å²) in [5.74, 6) is 0.414. The molecule has 1 atom stereocenters. The zero-order valence-corrected chi connectivity index (χ0v) is 14.0. The molecule has 10 heteroatoms. The molecule has 2 N–H and O–H groups in total. The van der Waals surface area contributed by atoms with Crippen molar-refractivity contribution in [1.29, 1.82) is 0 Å². The Labute approximate surface area is 142 Å². The Morgan fingerprint density at radius 3 is 3.04 bits per heavy atom. The molecule has 1 aliphatic heterocycles. The van der Waals surface area contributed by atoms with Crippen LogP contribution >= 0.6 is 11.5 Å². The number of nitrogens with zero attached hydrogens (tertiary/aromatic N) is 4. The first-order valence-corrected chi connectivity index (χ1v) is 8.43. The molecule has 1 aliphatic rings. The molecule has 2 aromatic rings. The molecular formula is C14H18N6O3S. The maximum absolute atomic E-state index is 12.3. The van der Waals surface area contributed by atoms with E-state index in [2.05, 4.69) is 25.2 Å². The van der Waals surface area contributed by atoms with Crippen molar-refractivity contribution < 1.29 is 14.3 Å². The average Bonchev–Trinajstić information content (AvgIpc) is 3.30. The molecule has 0 saturated heterocycles. The fraction of sp³-hybridized carbons (Fsp3) is 0.500. The largest absolute Gasteiger partial charge is 0.383 e. The van der Waals surface area contributed by atoms with E-state index in [4.69, 9.17) is 4.74 Å². The fourth-order valence-electron chi connectivity index (χ4n) is 2.70. The molecule has 0 fully saturated rings. The van der Waals surface area contributed by atoms with E-state index < -0.39 is 0 Å². The van der Waals surface area contributed by atoms with Crippen LogP contribution in [0, 0.1) is 0 Å². The smallest absolute Gasteiger partial charge is 0.272 e. The average molecular weight is 350 g/mol. The van der Waals surface area contributed by atoms with Crippen LogP contribution in [0.1, 0.15) is 39.3 Å². The van der Waals surface area contributed by atoms with E-state index in [1.54, 1.807) is 18.7 Å². The molecule has 3 heterocycles.